The van der Waals surface area contributed by atoms with Crippen molar-refractivity contribution in [3.8, 4) is 0 Å². The molecule has 0 bridgehead atoms. The van der Waals surface area contributed by atoms with E-state index in [4.69, 9.17) is 5.14 Å². The van der Waals surface area contributed by atoms with E-state index in [1.54, 1.807) is 30.4 Å². The lowest BCUT2D eigenvalue weighted by atomic mass is 9.94. The summed E-state index contributed by atoms with van der Waals surface area (Å²) in [7, 11) is -1.93. The van der Waals surface area contributed by atoms with Crippen LogP contribution in [0.25, 0.3) is 0 Å². The third kappa shape index (κ3) is 3.59. The van der Waals surface area contributed by atoms with Crippen molar-refractivity contribution >= 4 is 15.9 Å². The fourth-order valence-corrected chi connectivity index (χ4v) is 3.73. The number of rotatable bonds is 4. The molecule has 2 N–H and O–H groups in total. The van der Waals surface area contributed by atoms with Gasteiger partial charge in [0, 0.05) is 37.8 Å². The highest BCUT2D eigenvalue weighted by Crippen LogP contribution is 2.26. The number of fused-ring (bicyclic) bond motifs is 1. The molecular weight excluding hydrogens is 340 g/mol. The third-order valence-corrected chi connectivity index (χ3v) is 5.87. The monoisotopic (exact) mass is 362 g/mol. The molecule has 2 atom stereocenters. The van der Waals surface area contributed by atoms with E-state index in [2.05, 4.69) is 9.55 Å². The Kier molecular flexibility index (Phi) is 4.66. The molecule has 0 aliphatic carbocycles. The maximum atomic E-state index is 12.9. The van der Waals surface area contributed by atoms with Gasteiger partial charge in [-0.15, -0.1) is 0 Å². The molecule has 134 valence electrons. The van der Waals surface area contributed by atoms with Crippen LogP contribution >= 0.6 is 0 Å². The number of aromatic nitrogens is 2. The van der Waals surface area contributed by atoms with Gasteiger partial charge >= 0.3 is 0 Å². The second kappa shape index (κ2) is 6.61. The SMILES string of the molecule is CC(c1ccc(S(N)(=O)=O)cc1)N(C)C(=O)C1CCn2cncc2C1. The molecule has 1 aliphatic heterocycles. The number of primary sulfonamides is 1. The molecule has 25 heavy (non-hydrogen) atoms. The van der Waals surface area contributed by atoms with Gasteiger partial charge in [-0.1, -0.05) is 12.1 Å². The zero-order valence-corrected chi connectivity index (χ0v) is 15.1. The van der Waals surface area contributed by atoms with Gasteiger partial charge in [0.05, 0.1) is 17.3 Å². The summed E-state index contributed by atoms with van der Waals surface area (Å²) < 4.78 is 24.8. The van der Waals surface area contributed by atoms with Crippen LogP contribution in [0.4, 0.5) is 0 Å². The van der Waals surface area contributed by atoms with Crippen molar-refractivity contribution in [1.29, 1.82) is 0 Å². The first-order valence-corrected chi connectivity index (χ1v) is 9.70. The summed E-state index contributed by atoms with van der Waals surface area (Å²) in [5, 5.41) is 5.12. The molecule has 0 saturated heterocycles. The van der Waals surface area contributed by atoms with Crippen LogP contribution in [0.5, 0.6) is 0 Å². The lowest BCUT2D eigenvalue weighted by molar-refractivity contribution is -0.136. The van der Waals surface area contributed by atoms with Crippen LogP contribution in [0, 0.1) is 5.92 Å². The lowest BCUT2D eigenvalue weighted by Crippen LogP contribution is -2.38. The Hall–Kier alpha value is -2.19. The van der Waals surface area contributed by atoms with Gasteiger partial charge in [-0.25, -0.2) is 18.5 Å². The van der Waals surface area contributed by atoms with Gasteiger partial charge in [-0.2, -0.15) is 0 Å². The van der Waals surface area contributed by atoms with Crippen LogP contribution in [-0.2, 0) is 27.8 Å². The van der Waals surface area contributed by atoms with E-state index in [9.17, 15) is 13.2 Å². The number of nitrogens with zero attached hydrogens (tertiary/aromatic N) is 3. The maximum Gasteiger partial charge on any atom is 0.238 e. The Morgan fingerprint density at radius 1 is 1.36 bits per heavy atom. The first kappa shape index (κ1) is 17.6. The highest BCUT2D eigenvalue weighted by Gasteiger charge is 2.29. The predicted octanol–water partition coefficient (Wildman–Crippen LogP) is 1.31. The molecule has 1 amide bonds. The van der Waals surface area contributed by atoms with Crippen molar-refractivity contribution in [2.24, 2.45) is 11.1 Å². The highest BCUT2D eigenvalue weighted by atomic mass is 32.2. The Bertz CT molecular complexity index is 874. The summed E-state index contributed by atoms with van der Waals surface area (Å²) in [6.07, 6.45) is 5.11. The maximum absolute atomic E-state index is 12.9. The average Bonchev–Trinajstić information content (AvgIpc) is 3.06. The molecule has 0 radical (unpaired) electrons. The lowest BCUT2D eigenvalue weighted by Gasteiger charge is -2.31. The Morgan fingerprint density at radius 2 is 2.04 bits per heavy atom. The number of imidazole rings is 1. The number of hydrogen-bond donors (Lipinski definition) is 1. The molecular formula is C17H22N4O3S. The van der Waals surface area contributed by atoms with Gasteiger partial charge in [-0.3, -0.25) is 4.79 Å². The van der Waals surface area contributed by atoms with Gasteiger partial charge in [0.25, 0.3) is 0 Å². The predicted molar refractivity (Wildman–Crippen MR) is 93.0 cm³/mol. The fourth-order valence-electron chi connectivity index (χ4n) is 3.22. The number of aryl methyl sites for hydroxylation is 1. The van der Waals surface area contributed by atoms with Crippen LogP contribution in [0.2, 0.25) is 0 Å². The molecule has 2 aromatic rings. The van der Waals surface area contributed by atoms with Crippen LogP contribution in [0.1, 0.15) is 30.6 Å². The minimum Gasteiger partial charge on any atom is -0.339 e. The largest absolute Gasteiger partial charge is 0.339 e. The molecule has 3 rings (SSSR count). The molecule has 7 nitrogen and oxygen atoms in total. The molecule has 2 heterocycles. The number of amides is 1. The van der Waals surface area contributed by atoms with Gasteiger partial charge in [0.15, 0.2) is 0 Å². The molecule has 1 aliphatic rings. The number of benzene rings is 1. The van der Waals surface area contributed by atoms with E-state index in [1.807, 2.05) is 13.1 Å². The second-order valence-corrected chi connectivity index (χ2v) is 8.07. The summed E-state index contributed by atoms with van der Waals surface area (Å²) in [4.78, 5) is 18.8. The number of hydrogen-bond acceptors (Lipinski definition) is 4. The molecule has 0 spiro atoms. The summed E-state index contributed by atoms with van der Waals surface area (Å²) in [6.45, 7) is 2.73. The quantitative estimate of drug-likeness (QED) is 0.886. The van der Waals surface area contributed by atoms with Crippen molar-refractivity contribution in [3.63, 3.8) is 0 Å². The highest BCUT2D eigenvalue weighted by molar-refractivity contribution is 7.89. The molecule has 1 aromatic carbocycles. The first-order valence-electron chi connectivity index (χ1n) is 8.16. The van der Waals surface area contributed by atoms with Gasteiger partial charge < -0.3 is 9.47 Å². The number of carbonyl (C=O) groups is 1. The van der Waals surface area contributed by atoms with Crippen LogP contribution < -0.4 is 5.14 Å². The first-order chi connectivity index (χ1) is 11.8. The second-order valence-electron chi connectivity index (χ2n) is 6.51. The van der Waals surface area contributed by atoms with Crippen molar-refractivity contribution in [2.75, 3.05) is 7.05 Å². The van der Waals surface area contributed by atoms with Crippen molar-refractivity contribution in [1.82, 2.24) is 14.5 Å². The summed E-state index contributed by atoms with van der Waals surface area (Å²) in [6, 6.07) is 6.18. The molecule has 2 unspecified atom stereocenters. The van der Waals surface area contributed by atoms with E-state index in [1.165, 1.54) is 12.1 Å². The number of nitrogens with two attached hydrogens (primary N) is 1. The van der Waals surface area contributed by atoms with Crippen LogP contribution in [-0.4, -0.2) is 35.8 Å². The number of sulfonamides is 1. The van der Waals surface area contributed by atoms with Crippen molar-refractivity contribution in [3.05, 3.63) is 48.0 Å². The van der Waals surface area contributed by atoms with Gasteiger partial charge in [0.2, 0.25) is 15.9 Å². The zero-order chi connectivity index (χ0) is 18.2. The van der Waals surface area contributed by atoms with Gasteiger partial charge in [0.1, 0.15) is 0 Å². The van der Waals surface area contributed by atoms with Crippen molar-refractivity contribution in [2.45, 2.75) is 37.2 Å². The van der Waals surface area contributed by atoms with E-state index in [0.29, 0.717) is 6.42 Å². The molecule has 0 saturated carbocycles. The van der Waals surface area contributed by atoms with Gasteiger partial charge in [-0.05, 0) is 31.0 Å². The Balaban J connectivity index is 1.72. The molecule has 0 fully saturated rings. The minimum absolute atomic E-state index is 0.0552. The minimum atomic E-state index is -3.71. The van der Waals surface area contributed by atoms with Crippen LogP contribution in [0.15, 0.2) is 41.7 Å². The smallest absolute Gasteiger partial charge is 0.238 e. The van der Waals surface area contributed by atoms with Crippen LogP contribution in [0.3, 0.4) is 0 Å². The van der Waals surface area contributed by atoms with E-state index in [-0.39, 0.29) is 22.8 Å². The topological polar surface area (TPSA) is 98.3 Å². The van der Waals surface area contributed by atoms with E-state index >= 15 is 0 Å². The normalized spacial score (nSPS) is 18.4. The standard InChI is InChI=1S/C17H22N4O3S/c1-12(13-3-5-16(6-4-13)25(18,23)24)20(2)17(22)14-7-8-21-11-19-10-15(21)9-14/h3-6,10-12,14H,7-9H2,1-2H3,(H2,18,23,24). The summed E-state index contributed by atoms with van der Waals surface area (Å²) in [5.74, 6) is 0.0378. The third-order valence-electron chi connectivity index (χ3n) is 4.94. The molecule has 8 heteroatoms. The summed E-state index contributed by atoms with van der Waals surface area (Å²) >= 11 is 0. The van der Waals surface area contributed by atoms with E-state index < -0.39 is 10.0 Å². The Morgan fingerprint density at radius 3 is 2.68 bits per heavy atom. The van der Waals surface area contributed by atoms with Crippen molar-refractivity contribution < 1.29 is 13.2 Å². The Labute approximate surface area is 147 Å². The van der Waals surface area contributed by atoms with E-state index in [0.717, 1.165) is 24.2 Å². The average molecular weight is 362 g/mol. The zero-order valence-electron chi connectivity index (χ0n) is 14.3. The summed E-state index contributed by atoms with van der Waals surface area (Å²) in [5.41, 5.74) is 1.95. The number of carbonyl (C=O) groups excluding carboxylic acids is 1. The molecule has 1 aromatic heterocycles. The fraction of sp³-hybridized carbons (Fsp3) is 0.412.